The summed E-state index contributed by atoms with van der Waals surface area (Å²) in [7, 11) is 3.60. The number of rotatable bonds is 5. The topological polar surface area (TPSA) is 78.9 Å². The molecule has 0 radical (unpaired) electrons. The van der Waals surface area contributed by atoms with Crippen LogP contribution in [0, 0.1) is 0 Å². The first-order chi connectivity index (χ1) is 8.49. The van der Waals surface area contributed by atoms with Gasteiger partial charge in [-0.3, -0.25) is 4.79 Å². The van der Waals surface area contributed by atoms with Crippen molar-refractivity contribution in [2.45, 2.75) is 13.3 Å². The second-order valence-electron chi connectivity index (χ2n) is 3.15. The van der Waals surface area contributed by atoms with Gasteiger partial charge in [-0.15, -0.1) is 0 Å². The summed E-state index contributed by atoms with van der Waals surface area (Å²) in [6.45, 7) is 1.61. The quantitative estimate of drug-likeness (QED) is 0.313. The van der Waals surface area contributed by atoms with Gasteiger partial charge in [-0.2, -0.15) is 0 Å². The summed E-state index contributed by atoms with van der Waals surface area (Å²) in [6.07, 6.45) is 2.43. The molecule has 0 aromatic carbocycles. The van der Waals surface area contributed by atoms with Gasteiger partial charge in [0.15, 0.2) is 0 Å². The summed E-state index contributed by atoms with van der Waals surface area (Å²) in [5.41, 5.74) is 0.171. The first-order valence-electron chi connectivity index (χ1n) is 5.10. The van der Waals surface area contributed by atoms with Crippen LogP contribution < -0.4 is 0 Å². The van der Waals surface area contributed by atoms with Crippen LogP contribution in [-0.4, -0.2) is 39.2 Å². The molecule has 0 amide bonds. The lowest BCUT2D eigenvalue weighted by Gasteiger charge is -2.05. The molecule has 0 aliphatic heterocycles. The van der Waals surface area contributed by atoms with Gasteiger partial charge in [-0.1, -0.05) is 6.08 Å². The Labute approximate surface area is 105 Å². The van der Waals surface area contributed by atoms with Crippen molar-refractivity contribution in [3.63, 3.8) is 0 Å². The molecular formula is C12H16O6. The lowest BCUT2D eigenvalue weighted by molar-refractivity contribution is -0.143. The Kier molecular flexibility index (Phi) is 7.11. The van der Waals surface area contributed by atoms with Crippen molar-refractivity contribution in [1.29, 1.82) is 0 Å². The summed E-state index contributed by atoms with van der Waals surface area (Å²) in [5, 5.41) is 0. The lowest BCUT2D eigenvalue weighted by atomic mass is 10.1. The molecule has 100 valence electrons. The Morgan fingerprint density at radius 1 is 0.944 bits per heavy atom. The van der Waals surface area contributed by atoms with E-state index < -0.39 is 17.9 Å². The summed E-state index contributed by atoms with van der Waals surface area (Å²) >= 11 is 0. The number of carbonyl (C=O) groups is 3. The highest BCUT2D eigenvalue weighted by Gasteiger charge is 2.17. The predicted octanol–water partition coefficient (Wildman–Crippen LogP) is 0.768. The van der Waals surface area contributed by atoms with Gasteiger partial charge in [-0.05, 0) is 13.0 Å². The van der Waals surface area contributed by atoms with Crippen molar-refractivity contribution >= 4 is 17.9 Å². The van der Waals surface area contributed by atoms with Gasteiger partial charge in [0, 0.05) is 5.57 Å². The molecule has 0 heterocycles. The van der Waals surface area contributed by atoms with Crippen molar-refractivity contribution < 1.29 is 28.6 Å². The maximum absolute atomic E-state index is 11.4. The Balaban J connectivity index is 5.23. The summed E-state index contributed by atoms with van der Waals surface area (Å²) in [4.78, 5) is 33.9. The highest BCUT2D eigenvalue weighted by Crippen LogP contribution is 2.11. The average molecular weight is 256 g/mol. The normalized spacial score (nSPS) is 11.8. The fraction of sp³-hybridized carbons (Fsp3) is 0.417. The van der Waals surface area contributed by atoms with E-state index >= 15 is 0 Å². The molecule has 0 spiro atoms. The molecule has 0 atom stereocenters. The van der Waals surface area contributed by atoms with Crippen molar-refractivity contribution in [1.82, 2.24) is 0 Å². The number of hydrogen-bond acceptors (Lipinski definition) is 6. The van der Waals surface area contributed by atoms with Crippen molar-refractivity contribution in [2.24, 2.45) is 0 Å². The molecule has 0 saturated carbocycles. The molecule has 0 N–H and O–H groups in total. The van der Waals surface area contributed by atoms with Crippen LogP contribution in [0.15, 0.2) is 23.3 Å². The summed E-state index contributed by atoms with van der Waals surface area (Å²) < 4.78 is 13.5. The zero-order valence-corrected chi connectivity index (χ0v) is 10.8. The molecule has 0 rings (SSSR count). The minimum atomic E-state index is -0.705. The maximum atomic E-state index is 11.4. The second kappa shape index (κ2) is 8.05. The molecule has 6 nitrogen and oxygen atoms in total. The van der Waals surface area contributed by atoms with E-state index in [1.54, 1.807) is 6.92 Å². The minimum Gasteiger partial charge on any atom is -0.469 e. The molecule has 0 aliphatic carbocycles. The largest absolute Gasteiger partial charge is 0.469 e. The number of methoxy groups -OCH3 is 3. The van der Waals surface area contributed by atoms with E-state index in [0.717, 1.165) is 0 Å². The molecule has 0 unspecified atom stereocenters. The minimum absolute atomic E-state index is 0.0165. The van der Waals surface area contributed by atoms with Crippen LogP contribution in [0.4, 0.5) is 0 Å². The average Bonchev–Trinajstić information content (AvgIpc) is 2.41. The van der Waals surface area contributed by atoms with Gasteiger partial charge in [-0.25, -0.2) is 9.59 Å². The third kappa shape index (κ3) is 4.82. The Bertz CT molecular complexity index is 391. The van der Waals surface area contributed by atoms with Gasteiger partial charge in [0.25, 0.3) is 0 Å². The first-order valence-corrected chi connectivity index (χ1v) is 5.10. The summed E-state index contributed by atoms with van der Waals surface area (Å²) in [6, 6.07) is 0. The zero-order chi connectivity index (χ0) is 14.1. The monoisotopic (exact) mass is 256 g/mol. The molecule has 0 aromatic rings. The van der Waals surface area contributed by atoms with E-state index in [2.05, 4.69) is 14.2 Å². The number of ether oxygens (including phenoxy) is 3. The van der Waals surface area contributed by atoms with E-state index in [-0.39, 0.29) is 17.6 Å². The van der Waals surface area contributed by atoms with Gasteiger partial charge in [0.2, 0.25) is 0 Å². The third-order valence-electron chi connectivity index (χ3n) is 2.07. The SMILES string of the molecule is C/C=C(\C=C(/CC(=O)OC)C(=O)OC)C(=O)OC. The molecule has 6 heteroatoms. The number of carbonyl (C=O) groups excluding carboxylic acids is 3. The van der Waals surface area contributed by atoms with Crippen LogP contribution >= 0.6 is 0 Å². The third-order valence-corrected chi connectivity index (χ3v) is 2.07. The van der Waals surface area contributed by atoms with Crippen LogP contribution in [0.25, 0.3) is 0 Å². The van der Waals surface area contributed by atoms with E-state index in [4.69, 9.17) is 0 Å². The van der Waals surface area contributed by atoms with Crippen LogP contribution in [0.3, 0.4) is 0 Å². The van der Waals surface area contributed by atoms with E-state index in [1.807, 2.05) is 0 Å². The standard InChI is InChI=1S/C12H16O6/c1-5-8(11(14)17-3)6-9(12(15)18-4)7-10(13)16-2/h5-6H,7H2,1-4H3/b8-5+,9-6+. The Hall–Kier alpha value is -2.11. The fourth-order valence-corrected chi connectivity index (χ4v) is 1.11. The maximum Gasteiger partial charge on any atom is 0.337 e. The molecular weight excluding hydrogens is 240 g/mol. The van der Waals surface area contributed by atoms with Gasteiger partial charge in [0.05, 0.1) is 33.3 Å². The Morgan fingerprint density at radius 2 is 1.50 bits per heavy atom. The highest BCUT2D eigenvalue weighted by atomic mass is 16.5. The molecule has 0 aromatic heterocycles. The van der Waals surface area contributed by atoms with Crippen molar-refractivity contribution in [2.75, 3.05) is 21.3 Å². The van der Waals surface area contributed by atoms with Crippen molar-refractivity contribution in [3.8, 4) is 0 Å². The smallest absolute Gasteiger partial charge is 0.337 e. The molecule has 0 fully saturated rings. The molecule has 0 saturated heterocycles. The molecule has 18 heavy (non-hydrogen) atoms. The van der Waals surface area contributed by atoms with Crippen LogP contribution in [-0.2, 0) is 28.6 Å². The van der Waals surface area contributed by atoms with E-state index in [0.29, 0.717) is 0 Å². The van der Waals surface area contributed by atoms with Gasteiger partial charge in [0.1, 0.15) is 0 Å². The van der Waals surface area contributed by atoms with E-state index in [1.165, 1.54) is 33.5 Å². The molecule has 0 bridgehead atoms. The number of esters is 3. The van der Waals surface area contributed by atoms with Crippen LogP contribution in [0.5, 0.6) is 0 Å². The van der Waals surface area contributed by atoms with Gasteiger partial charge >= 0.3 is 17.9 Å². The molecule has 0 aliphatic rings. The van der Waals surface area contributed by atoms with Crippen LogP contribution in [0.1, 0.15) is 13.3 Å². The first kappa shape index (κ1) is 15.9. The zero-order valence-electron chi connectivity index (χ0n) is 10.8. The summed E-state index contributed by atoms with van der Waals surface area (Å²) in [5.74, 6) is -1.92. The predicted molar refractivity (Wildman–Crippen MR) is 62.5 cm³/mol. The number of hydrogen-bond donors (Lipinski definition) is 0. The highest BCUT2D eigenvalue weighted by molar-refractivity contribution is 5.98. The van der Waals surface area contributed by atoms with Gasteiger partial charge < -0.3 is 14.2 Å². The fourth-order valence-electron chi connectivity index (χ4n) is 1.11. The number of allylic oxidation sites excluding steroid dienone is 1. The van der Waals surface area contributed by atoms with Crippen LogP contribution in [0.2, 0.25) is 0 Å². The van der Waals surface area contributed by atoms with Crippen molar-refractivity contribution in [3.05, 3.63) is 23.3 Å². The lowest BCUT2D eigenvalue weighted by Crippen LogP contribution is -2.13. The van der Waals surface area contributed by atoms with E-state index in [9.17, 15) is 14.4 Å². The Morgan fingerprint density at radius 3 is 1.89 bits per heavy atom. The second-order valence-corrected chi connectivity index (χ2v) is 3.15.